The molecule has 0 amide bonds. The van der Waals surface area contributed by atoms with Gasteiger partial charge in [0.1, 0.15) is 0 Å². The third-order valence-corrected chi connectivity index (χ3v) is 3.31. The number of hydrogen-bond donors (Lipinski definition) is 1. The van der Waals surface area contributed by atoms with Crippen LogP contribution in [0.5, 0.6) is 0 Å². The van der Waals surface area contributed by atoms with Gasteiger partial charge in [0.15, 0.2) is 5.01 Å². The molecule has 0 aromatic carbocycles. The summed E-state index contributed by atoms with van der Waals surface area (Å²) < 4.78 is 37.2. The first-order valence-corrected chi connectivity index (χ1v) is 5.68. The van der Waals surface area contributed by atoms with Gasteiger partial charge in [-0.15, -0.1) is 11.3 Å². The molecule has 1 atom stereocenters. The van der Waals surface area contributed by atoms with Crippen LogP contribution in [-0.4, -0.2) is 12.0 Å². The molecule has 0 aliphatic heterocycles. The quantitative estimate of drug-likeness (QED) is 0.871. The number of rotatable bonds is 2. The molecule has 1 aromatic rings. The Morgan fingerprint density at radius 2 is 1.88 bits per heavy atom. The molecule has 0 saturated carbocycles. The first-order chi connectivity index (χ1) is 7.16. The third kappa shape index (κ3) is 2.95. The van der Waals surface area contributed by atoms with Gasteiger partial charge in [0.05, 0.1) is 0 Å². The van der Waals surface area contributed by atoms with Crippen LogP contribution in [0.1, 0.15) is 36.7 Å². The number of nitrogens with one attached hydrogen (secondary N) is 1. The molecule has 0 aliphatic rings. The highest BCUT2D eigenvalue weighted by atomic mass is 32.1. The minimum atomic E-state index is -4.35. The fourth-order valence-corrected chi connectivity index (χ4v) is 2.69. The van der Waals surface area contributed by atoms with E-state index in [4.69, 9.17) is 0 Å². The monoisotopic (exact) mass is 252 g/mol. The average molecular weight is 252 g/mol. The molecule has 6 heteroatoms. The first-order valence-electron chi connectivity index (χ1n) is 4.86. The number of thiazole rings is 1. The Balaban J connectivity index is 3.01. The summed E-state index contributed by atoms with van der Waals surface area (Å²) in [6, 6.07) is -0.124. The van der Waals surface area contributed by atoms with E-state index >= 15 is 0 Å². The van der Waals surface area contributed by atoms with Crippen molar-refractivity contribution in [2.24, 2.45) is 5.41 Å². The Morgan fingerprint density at radius 3 is 2.19 bits per heavy atom. The Hall–Kier alpha value is -0.620. The number of halogens is 3. The number of alkyl halides is 3. The highest BCUT2D eigenvalue weighted by molar-refractivity contribution is 7.11. The van der Waals surface area contributed by atoms with E-state index in [0.29, 0.717) is 16.2 Å². The highest BCUT2D eigenvalue weighted by Crippen LogP contribution is 2.39. The van der Waals surface area contributed by atoms with Crippen molar-refractivity contribution in [1.82, 2.24) is 10.3 Å². The number of hydrogen-bond acceptors (Lipinski definition) is 3. The molecular weight excluding hydrogens is 237 g/mol. The maximum absolute atomic E-state index is 12.4. The van der Waals surface area contributed by atoms with Crippen LogP contribution in [0.4, 0.5) is 13.2 Å². The predicted molar refractivity (Wildman–Crippen MR) is 58.4 cm³/mol. The normalized spacial score (nSPS) is 15.2. The summed E-state index contributed by atoms with van der Waals surface area (Å²) in [4.78, 5) is 4.04. The van der Waals surface area contributed by atoms with Gasteiger partial charge in [0, 0.05) is 17.1 Å². The standard InChI is InChI=1S/C10H15F3N2S/c1-9(2,3)7(14-4)6-5-15-8(16-6)10(11,12)13/h5,7,14H,1-4H3. The van der Waals surface area contributed by atoms with Crippen LogP contribution in [0.15, 0.2) is 6.20 Å². The molecule has 2 nitrogen and oxygen atoms in total. The van der Waals surface area contributed by atoms with Crippen LogP contribution in [0.25, 0.3) is 0 Å². The third-order valence-electron chi connectivity index (χ3n) is 2.21. The van der Waals surface area contributed by atoms with Gasteiger partial charge < -0.3 is 5.32 Å². The Bertz CT molecular complexity index is 352. The second-order valence-corrected chi connectivity index (χ2v) is 5.72. The lowest BCUT2D eigenvalue weighted by molar-refractivity contribution is -0.137. The Morgan fingerprint density at radius 1 is 1.31 bits per heavy atom. The van der Waals surface area contributed by atoms with Gasteiger partial charge in [-0.05, 0) is 12.5 Å². The topological polar surface area (TPSA) is 24.9 Å². The van der Waals surface area contributed by atoms with Crippen LogP contribution in [0, 0.1) is 5.41 Å². The van der Waals surface area contributed by atoms with Gasteiger partial charge in [-0.3, -0.25) is 0 Å². The maximum Gasteiger partial charge on any atom is 0.443 e. The molecule has 1 rings (SSSR count). The van der Waals surface area contributed by atoms with E-state index in [1.807, 2.05) is 20.8 Å². The molecule has 1 unspecified atom stereocenters. The molecule has 1 N–H and O–H groups in total. The second-order valence-electron chi connectivity index (χ2n) is 4.65. The van der Waals surface area contributed by atoms with Gasteiger partial charge in [-0.1, -0.05) is 20.8 Å². The fourth-order valence-electron chi connectivity index (χ4n) is 1.55. The molecule has 0 fully saturated rings. The zero-order valence-corrected chi connectivity index (χ0v) is 10.5. The van der Waals surface area contributed by atoms with E-state index < -0.39 is 11.2 Å². The molecule has 1 aromatic heterocycles. The van der Waals surface area contributed by atoms with Gasteiger partial charge in [-0.2, -0.15) is 13.2 Å². The minimum Gasteiger partial charge on any atom is -0.312 e. The maximum atomic E-state index is 12.4. The lowest BCUT2D eigenvalue weighted by atomic mass is 9.86. The molecule has 1 heterocycles. The van der Waals surface area contributed by atoms with Crippen molar-refractivity contribution in [3.8, 4) is 0 Å². The lowest BCUT2D eigenvalue weighted by Crippen LogP contribution is -2.28. The fraction of sp³-hybridized carbons (Fsp3) is 0.700. The van der Waals surface area contributed by atoms with Crippen molar-refractivity contribution >= 4 is 11.3 Å². The second kappa shape index (κ2) is 4.33. The van der Waals surface area contributed by atoms with Gasteiger partial charge >= 0.3 is 6.18 Å². The van der Waals surface area contributed by atoms with Crippen molar-refractivity contribution in [1.29, 1.82) is 0 Å². The minimum absolute atomic E-state index is 0.124. The summed E-state index contributed by atoms with van der Waals surface area (Å²) >= 11 is 0.701. The van der Waals surface area contributed by atoms with Crippen molar-refractivity contribution in [2.45, 2.75) is 33.0 Å². The van der Waals surface area contributed by atoms with E-state index in [1.54, 1.807) is 7.05 Å². The summed E-state index contributed by atoms with van der Waals surface area (Å²) in [6.45, 7) is 5.92. The highest BCUT2D eigenvalue weighted by Gasteiger charge is 2.36. The largest absolute Gasteiger partial charge is 0.443 e. The van der Waals surface area contributed by atoms with Crippen LogP contribution < -0.4 is 5.32 Å². The van der Waals surface area contributed by atoms with Crippen LogP contribution in [0.2, 0.25) is 0 Å². The Kier molecular flexibility index (Phi) is 3.64. The van der Waals surface area contributed by atoms with E-state index in [1.165, 1.54) is 6.20 Å². The van der Waals surface area contributed by atoms with Crippen LogP contribution >= 0.6 is 11.3 Å². The summed E-state index contributed by atoms with van der Waals surface area (Å²) in [5, 5.41) is 2.24. The molecule has 0 bridgehead atoms. The first kappa shape index (κ1) is 13.4. The number of nitrogens with zero attached hydrogens (tertiary/aromatic N) is 1. The molecule has 92 valence electrons. The average Bonchev–Trinajstić information content (AvgIpc) is 2.50. The smallest absolute Gasteiger partial charge is 0.312 e. The summed E-state index contributed by atoms with van der Waals surface area (Å²) in [5.74, 6) is 0. The lowest BCUT2D eigenvalue weighted by Gasteiger charge is -2.29. The Labute approximate surface area is 96.9 Å². The van der Waals surface area contributed by atoms with Crippen LogP contribution in [-0.2, 0) is 6.18 Å². The predicted octanol–water partition coefficient (Wildman–Crippen LogP) is 3.47. The van der Waals surface area contributed by atoms with Crippen molar-refractivity contribution in [3.05, 3.63) is 16.1 Å². The van der Waals surface area contributed by atoms with Crippen molar-refractivity contribution < 1.29 is 13.2 Å². The van der Waals surface area contributed by atoms with Gasteiger partial charge in [0.2, 0.25) is 0 Å². The van der Waals surface area contributed by atoms with E-state index in [0.717, 1.165) is 0 Å². The molecule has 0 saturated heterocycles. The molecule has 0 radical (unpaired) electrons. The summed E-state index contributed by atoms with van der Waals surface area (Å²) in [6.07, 6.45) is -3.04. The van der Waals surface area contributed by atoms with E-state index in [2.05, 4.69) is 10.3 Å². The molecule has 0 aliphatic carbocycles. The van der Waals surface area contributed by atoms with E-state index in [-0.39, 0.29) is 11.5 Å². The zero-order valence-electron chi connectivity index (χ0n) is 9.64. The SMILES string of the molecule is CNC(c1cnc(C(F)(F)F)s1)C(C)(C)C. The molecule has 16 heavy (non-hydrogen) atoms. The van der Waals surface area contributed by atoms with Crippen LogP contribution in [0.3, 0.4) is 0 Å². The zero-order chi connectivity index (χ0) is 12.6. The van der Waals surface area contributed by atoms with Crippen molar-refractivity contribution in [3.63, 3.8) is 0 Å². The van der Waals surface area contributed by atoms with Gasteiger partial charge in [0.25, 0.3) is 0 Å². The molecular formula is C10H15F3N2S. The van der Waals surface area contributed by atoms with Gasteiger partial charge in [-0.25, -0.2) is 4.98 Å². The summed E-state index contributed by atoms with van der Waals surface area (Å²) in [5.41, 5.74) is -0.149. The number of aromatic nitrogens is 1. The van der Waals surface area contributed by atoms with E-state index in [9.17, 15) is 13.2 Å². The molecule has 0 spiro atoms. The summed E-state index contributed by atoms with van der Waals surface area (Å²) in [7, 11) is 1.74. The van der Waals surface area contributed by atoms with Crippen molar-refractivity contribution in [2.75, 3.05) is 7.05 Å².